The van der Waals surface area contributed by atoms with Crippen molar-refractivity contribution in [1.29, 1.82) is 0 Å². The van der Waals surface area contributed by atoms with Crippen molar-refractivity contribution in [3.05, 3.63) is 33.1 Å². The second kappa shape index (κ2) is 6.42. The van der Waals surface area contributed by atoms with Crippen LogP contribution in [0.1, 0.15) is 6.23 Å². The van der Waals surface area contributed by atoms with Gasteiger partial charge in [0.1, 0.15) is 18.3 Å². The minimum Gasteiger partial charge on any atom is -0.387 e. The van der Waals surface area contributed by atoms with Crippen LogP contribution >= 0.6 is 7.82 Å². The molecule has 22 heavy (non-hydrogen) atoms. The summed E-state index contributed by atoms with van der Waals surface area (Å²) >= 11 is 0. The molecule has 0 spiro atoms. The van der Waals surface area contributed by atoms with Crippen LogP contribution in [-0.4, -0.2) is 56.5 Å². The van der Waals surface area contributed by atoms with Crippen molar-refractivity contribution in [3.8, 4) is 0 Å². The molecule has 1 fully saturated rings. The van der Waals surface area contributed by atoms with Crippen molar-refractivity contribution < 1.29 is 33.5 Å². The van der Waals surface area contributed by atoms with Gasteiger partial charge < -0.3 is 24.4 Å². The third-order valence-electron chi connectivity index (χ3n) is 3.12. The van der Waals surface area contributed by atoms with Gasteiger partial charge in [-0.2, -0.15) is 0 Å². The Kier molecular flexibility index (Phi) is 4.97. The van der Waals surface area contributed by atoms with Gasteiger partial charge in [0.15, 0.2) is 6.23 Å². The Labute approximate surface area is 123 Å². The molecule has 11 nitrogen and oxygen atoms in total. The maximum Gasteiger partial charge on any atom is 0.469 e. The highest BCUT2D eigenvalue weighted by Gasteiger charge is 2.46. The summed E-state index contributed by atoms with van der Waals surface area (Å²) in [5.74, 6) is 0. The number of hydrogen-bond donors (Lipinski definition) is 4. The molecule has 124 valence electrons. The zero-order valence-electron chi connectivity index (χ0n) is 11.4. The van der Waals surface area contributed by atoms with E-state index in [9.17, 15) is 19.3 Å². The molecule has 2 heterocycles. The summed E-state index contributed by atoms with van der Waals surface area (Å²) < 4.78 is 26.4. The number of nitrogens with one attached hydrogen (secondary N) is 1. The summed E-state index contributed by atoms with van der Waals surface area (Å²) in [4.78, 5) is 42.2. The number of aromatic nitrogens is 2. The number of phosphoric acid groups is 1. The Balaban J connectivity index is 2.23. The average Bonchev–Trinajstić information content (AvgIpc) is 2.72. The fourth-order valence-corrected chi connectivity index (χ4v) is 2.47. The van der Waals surface area contributed by atoms with Crippen molar-refractivity contribution in [1.82, 2.24) is 9.55 Å². The Hall–Kier alpha value is -1.33. The summed E-state index contributed by atoms with van der Waals surface area (Å²) in [6.07, 6.45) is -3.33. The van der Waals surface area contributed by atoms with Crippen LogP contribution in [-0.2, 0) is 18.6 Å². The van der Waals surface area contributed by atoms with E-state index in [4.69, 9.17) is 19.3 Å². The van der Waals surface area contributed by atoms with E-state index in [1.807, 2.05) is 4.98 Å². The zero-order chi connectivity index (χ0) is 16.5. The first-order chi connectivity index (χ1) is 10.2. The predicted molar refractivity (Wildman–Crippen MR) is 70.0 cm³/mol. The first-order valence-electron chi connectivity index (χ1n) is 6.11. The standard InChI is InChI=1S/C10H15N2O9P/c1-19-8-7(14)5(4-20-22(16,17)18)21-9(8)12-3-2-6(13)11-10(12)15/h2-3,5,7-9,14H,4H2,1H3,(H,11,13,15)(H2,16,17,18)/t5-,7-,8-,9-/m0/s1. The number of ether oxygens (including phenoxy) is 2. The predicted octanol–water partition coefficient (Wildman–Crippen LogP) is -2.08. The molecule has 12 heteroatoms. The van der Waals surface area contributed by atoms with Crippen LogP contribution in [0, 0.1) is 0 Å². The van der Waals surface area contributed by atoms with Gasteiger partial charge in [0.25, 0.3) is 5.56 Å². The first kappa shape index (κ1) is 17.0. The van der Waals surface area contributed by atoms with E-state index in [1.54, 1.807) is 0 Å². The molecule has 0 unspecified atom stereocenters. The normalized spacial score (nSPS) is 28.9. The molecule has 4 atom stereocenters. The smallest absolute Gasteiger partial charge is 0.387 e. The summed E-state index contributed by atoms with van der Waals surface area (Å²) in [6.45, 7) is -0.597. The minimum absolute atomic E-state index is 0.597. The Bertz CT molecular complexity index is 679. The monoisotopic (exact) mass is 338 g/mol. The molecule has 0 radical (unpaired) electrons. The molecule has 1 aliphatic rings. The van der Waals surface area contributed by atoms with Gasteiger partial charge in [0, 0.05) is 19.4 Å². The van der Waals surface area contributed by atoms with Gasteiger partial charge in [0.2, 0.25) is 0 Å². The summed E-state index contributed by atoms with van der Waals surface area (Å²) in [6, 6.07) is 1.09. The first-order valence-corrected chi connectivity index (χ1v) is 7.64. The lowest BCUT2D eigenvalue weighted by atomic mass is 10.1. The van der Waals surface area contributed by atoms with Gasteiger partial charge >= 0.3 is 13.5 Å². The van der Waals surface area contributed by atoms with Crippen LogP contribution < -0.4 is 11.2 Å². The lowest BCUT2D eigenvalue weighted by molar-refractivity contribution is -0.0620. The number of rotatable bonds is 5. The van der Waals surface area contributed by atoms with Crippen molar-refractivity contribution in [2.75, 3.05) is 13.7 Å². The van der Waals surface area contributed by atoms with Crippen molar-refractivity contribution in [2.24, 2.45) is 0 Å². The minimum atomic E-state index is -4.73. The van der Waals surface area contributed by atoms with E-state index < -0.39 is 50.2 Å². The van der Waals surface area contributed by atoms with Gasteiger partial charge in [-0.3, -0.25) is 18.9 Å². The van der Waals surface area contributed by atoms with E-state index in [1.165, 1.54) is 7.11 Å². The van der Waals surface area contributed by atoms with E-state index in [2.05, 4.69) is 4.52 Å². The molecule has 1 aromatic heterocycles. The molecular weight excluding hydrogens is 323 g/mol. The second-order valence-corrected chi connectivity index (χ2v) is 5.80. The molecule has 0 aromatic carbocycles. The fourth-order valence-electron chi connectivity index (χ4n) is 2.13. The molecule has 4 N–H and O–H groups in total. The van der Waals surface area contributed by atoms with E-state index in [-0.39, 0.29) is 0 Å². The largest absolute Gasteiger partial charge is 0.469 e. The lowest BCUT2D eigenvalue weighted by Gasteiger charge is -2.19. The van der Waals surface area contributed by atoms with E-state index >= 15 is 0 Å². The van der Waals surface area contributed by atoms with Crippen LogP contribution in [0.15, 0.2) is 21.9 Å². The summed E-state index contributed by atoms with van der Waals surface area (Å²) in [5, 5.41) is 10.1. The third kappa shape index (κ3) is 3.70. The van der Waals surface area contributed by atoms with E-state index in [0.717, 1.165) is 16.8 Å². The van der Waals surface area contributed by atoms with Crippen LogP contribution in [0.4, 0.5) is 0 Å². The molecular formula is C10H15N2O9P. The average molecular weight is 338 g/mol. The number of nitrogens with zero attached hydrogens (tertiary/aromatic N) is 1. The quantitative estimate of drug-likeness (QED) is 0.442. The van der Waals surface area contributed by atoms with E-state index in [0.29, 0.717) is 0 Å². The van der Waals surface area contributed by atoms with Gasteiger partial charge in [-0.1, -0.05) is 0 Å². The van der Waals surface area contributed by atoms with Crippen molar-refractivity contribution in [3.63, 3.8) is 0 Å². The van der Waals surface area contributed by atoms with Gasteiger partial charge in [-0.15, -0.1) is 0 Å². The number of phosphoric ester groups is 1. The van der Waals surface area contributed by atoms with Gasteiger partial charge in [0.05, 0.1) is 6.61 Å². The SMILES string of the molecule is CO[C@H]1[C@@H](O)[C@H](COP(=O)(O)O)O[C@@H]1n1ccc(=O)[nH]c1=O. The third-order valence-corrected chi connectivity index (χ3v) is 3.60. The van der Waals surface area contributed by atoms with Crippen LogP contribution in [0.3, 0.4) is 0 Å². The fraction of sp³-hybridized carbons (Fsp3) is 0.600. The number of H-pyrrole nitrogens is 1. The molecule has 2 rings (SSSR count). The number of methoxy groups -OCH3 is 1. The zero-order valence-corrected chi connectivity index (χ0v) is 12.3. The lowest BCUT2D eigenvalue weighted by Crippen LogP contribution is -2.38. The molecule has 0 saturated carbocycles. The number of hydrogen-bond acceptors (Lipinski definition) is 7. The highest BCUT2D eigenvalue weighted by Crippen LogP contribution is 2.38. The maximum atomic E-state index is 11.8. The molecule has 1 saturated heterocycles. The second-order valence-electron chi connectivity index (χ2n) is 4.56. The highest BCUT2D eigenvalue weighted by molar-refractivity contribution is 7.46. The van der Waals surface area contributed by atoms with Crippen molar-refractivity contribution in [2.45, 2.75) is 24.5 Å². The van der Waals surface area contributed by atoms with Gasteiger partial charge in [-0.25, -0.2) is 9.36 Å². The highest BCUT2D eigenvalue weighted by atomic mass is 31.2. The molecule has 1 aromatic rings. The Morgan fingerprint density at radius 1 is 1.45 bits per heavy atom. The molecule has 0 amide bonds. The Morgan fingerprint density at radius 3 is 2.68 bits per heavy atom. The van der Waals surface area contributed by atoms with Crippen LogP contribution in [0.5, 0.6) is 0 Å². The topological polar surface area (TPSA) is 160 Å². The summed E-state index contributed by atoms with van der Waals surface area (Å²) in [7, 11) is -3.46. The Morgan fingerprint density at radius 2 is 2.14 bits per heavy atom. The van der Waals surface area contributed by atoms with Crippen LogP contribution in [0.25, 0.3) is 0 Å². The number of aliphatic hydroxyl groups excluding tert-OH is 1. The van der Waals surface area contributed by atoms with Crippen molar-refractivity contribution >= 4 is 7.82 Å². The summed E-state index contributed by atoms with van der Waals surface area (Å²) in [5.41, 5.74) is -1.38. The van der Waals surface area contributed by atoms with Crippen LogP contribution in [0.2, 0.25) is 0 Å². The molecule has 0 aliphatic carbocycles. The number of aromatic amines is 1. The maximum absolute atomic E-state index is 11.8. The van der Waals surface area contributed by atoms with Gasteiger partial charge in [-0.05, 0) is 0 Å². The molecule has 0 bridgehead atoms. The molecule has 1 aliphatic heterocycles. The number of aliphatic hydroxyl groups is 1.